The second-order valence-electron chi connectivity index (χ2n) is 7.51. The summed E-state index contributed by atoms with van der Waals surface area (Å²) in [7, 11) is 2.10. The molecule has 0 amide bonds. The van der Waals surface area contributed by atoms with Crippen molar-refractivity contribution in [1.29, 1.82) is 0 Å². The van der Waals surface area contributed by atoms with Crippen molar-refractivity contribution in [2.45, 2.75) is 39.5 Å². The van der Waals surface area contributed by atoms with E-state index >= 15 is 0 Å². The fourth-order valence-electron chi connectivity index (χ4n) is 4.42. The Morgan fingerprint density at radius 3 is 2.85 bits per heavy atom. The highest BCUT2D eigenvalue weighted by molar-refractivity contribution is 5.94. The Balaban J connectivity index is 1.69. The fourth-order valence-corrected chi connectivity index (χ4v) is 4.42. The lowest BCUT2D eigenvalue weighted by Crippen LogP contribution is -2.37. The largest absolute Gasteiger partial charge is 0.370 e. The maximum absolute atomic E-state index is 4.85. The predicted molar refractivity (Wildman–Crippen MR) is 108 cm³/mol. The number of hydrogen-bond donors (Lipinski definition) is 0. The maximum atomic E-state index is 4.85. The molecule has 4 heteroatoms. The number of pyridine rings is 1. The summed E-state index contributed by atoms with van der Waals surface area (Å²) < 4.78 is 2.16. The third-order valence-corrected chi connectivity index (χ3v) is 5.75. The van der Waals surface area contributed by atoms with Gasteiger partial charge in [-0.3, -0.25) is 4.98 Å². The molecule has 1 fully saturated rings. The van der Waals surface area contributed by atoms with Crippen molar-refractivity contribution in [1.82, 2.24) is 14.5 Å². The van der Waals surface area contributed by atoms with Gasteiger partial charge in [-0.15, -0.1) is 0 Å². The predicted octanol–water partition coefficient (Wildman–Crippen LogP) is 4.30. The van der Waals surface area contributed by atoms with E-state index in [-0.39, 0.29) is 0 Å². The quantitative estimate of drug-likeness (QED) is 0.705. The van der Waals surface area contributed by atoms with Gasteiger partial charge in [-0.2, -0.15) is 0 Å². The lowest BCUT2D eigenvalue weighted by molar-refractivity contribution is 0.403. The summed E-state index contributed by atoms with van der Waals surface area (Å²) >= 11 is 0. The molecule has 1 aliphatic heterocycles. The van der Waals surface area contributed by atoms with E-state index in [2.05, 4.69) is 59.6 Å². The third kappa shape index (κ3) is 3.09. The van der Waals surface area contributed by atoms with Crippen LogP contribution in [0.4, 0.5) is 5.69 Å². The van der Waals surface area contributed by atoms with Gasteiger partial charge in [0.25, 0.3) is 0 Å². The van der Waals surface area contributed by atoms with Gasteiger partial charge < -0.3 is 9.47 Å². The molecule has 1 saturated heterocycles. The van der Waals surface area contributed by atoms with Crippen molar-refractivity contribution in [3.8, 4) is 0 Å². The molecule has 0 aliphatic carbocycles. The zero-order chi connectivity index (χ0) is 18.1. The molecule has 4 rings (SSSR count). The molecule has 1 aromatic carbocycles. The lowest BCUT2D eigenvalue weighted by Gasteiger charge is -2.36. The summed E-state index contributed by atoms with van der Waals surface area (Å²) in [6.45, 7) is 6.65. The van der Waals surface area contributed by atoms with Gasteiger partial charge in [0.15, 0.2) is 0 Å². The topological polar surface area (TPSA) is 34.0 Å². The average Bonchev–Trinajstić information content (AvgIpc) is 3.05. The first-order valence-electron chi connectivity index (χ1n) is 9.76. The van der Waals surface area contributed by atoms with Crippen molar-refractivity contribution in [2.75, 3.05) is 18.0 Å². The Labute approximate surface area is 155 Å². The summed E-state index contributed by atoms with van der Waals surface area (Å²) in [5.74, 6) is 1.85. The van der Waals surface area contributed by atoms with Gasteiger partial charge in [0.05, 0.1) is 11.2 Å². The SMILES string of the molecule is CCc1c(C)nc2ccccc2c1N1CCCC(Cc2nccn2C)C1. The molecule has 3 aromatic rings. The number of anilines is 1. The lowest BCUT2D eigenvalue weighted by atomic mass is 9.92. The molecule has 136 valence electrons. The van der Waals surface area contributed by atoms with Gasteiger partial charge in [-0.05, 0) is 43.7 Å². The summed E-state index contributed by atoms with van der Waals surface area (Å²) in [4.78, 5) is 12.0. The summed E-state index contributed by atoms with van der Waals surface area (Å²) in [6.07, 6.45) is 8.57. The van der Waals surface area contributed by atoms with E-state index in [0.717, 1.165) is 31.4 Å². The van der Waals surface area contributed by atoms with E-state index in [1.807, 2.05) is 12.4 Å². The molecule has 1 atom stereocenters. The van der Waals surface area contributed by atoms with E-state index < -0.39 is 0 Å². The van der Waals surface area contributed by atoms with Gasteiger partial charge in [0, 0.05) is 50.0 Å². The smallest absolute Gasteiger partial charge is 0.108 e. The molecule has 1 aliphatic rings. The number of imidazole rings is 1. The Bertz CT molecular complexity index is 912. The van der Waals surface area contributed by atoms with Gasteiger partial charge in [0.2, 0.25) is 0 Å². The monoisotopic (exact) mass is 348 g/mol. The van der Waals surface area contributed by atoms with E-state index in [0.29, 0.717) is 5.92 Å². The number of benzene rings is 1. The summed E-state index contributed by atoms with van der Waals surface area (Å²) in [5, 5.41) is 1.30. The van der Waals surface area contributed by atoms with Gasteiger partial charge >= 0.3 is 0 Å². The number of rotatable bonds is 4. The summed E-state index contributed by atoms with van der Waals surface area (Å²) in [6, 6.07) is 8.60. The number of nitrogens with zero attached hydrogens (tertiary/aromatic N) is 4. The van der Waals surface area contributed by atoms with E-state index in [1.54, 1.807) is 0 Å². The van der Waals surface area contributed by atoms with Crippen molar-refractivity contribution in [3.63, 3.8) is 0 Å². The average molecular weight is 348 g/mol. The second kappa shape index (κ2) is 7.10. The number of para-hydroxylation sites is 1. The van der Waals surface area contributed by atoms with Gasteiger partial charge in [0.1, 0.15) is 5.82 Å². The van der Waals surface area contributed by atoms with Crippen LogP contribution < -0.4 is 4.90 Å². The number of piperidine rings is 1. The zero-order valence-electron chi connectivity index (χ0n) is 16.1. The first kappa shape index (κ1) is 17.1. The molecule has 1 unspecified atom stereocenters. The Morgan fingerprint density at radius 2 is 2.08 bits per heavy atom. The third-order valence-electron chi connectivity index (χ3n) is 5.75. The maximum Gasteiger partial charge on any atom is 0.108 e. The minimum Gasteiger partial charge on any atom is -0.370 e. The molecule has 0 bridgehead atoms. The van der Waals surface area contributed by atoms with Gasteiger partial charge in [-0.1, -0.05) is 25.1 Å². The Morgan fingerprint density at radius 1 is 1.23 bits per heavy atom. The molecule has 26 heavy (non-hydrogen) atoms. The van der Waals surface area contributed by atoms with E-state index in [1.165, 1.54) is 41.0 Å². The minimum absolute atomic E-state index is 0.654. The molecular weight excluding hydrogens is 320 g/mol. The highest BCUT2D eigenvalue weighted by Crippen LogP contribution is 2.35. The highest BCUT2D eigenvalue weighted by Gasteiger charge is 2.25. The summed E-state index contributed by atoms with van der Waals surface area (Å²) in [5.41, 5.74) is 5.11. The number of hydrogen-bond acceptors (Lipinski definition) is 3. The van der Waals surface area contributed by atoms with Crippen molar-refractivity contribution >= 4 is 16.6 Å². The molecule has 0 spiro atoms. The van der Waals surface area contributed by atoms with Crippen LogP contribution >= 0.6 is 0 Å². The van der Waals surface area contributed by atoms with Crippen molar-refractivity contribution in [3.05, 3.63) is 53.7 Å². The number of aryl methyl sites for hydroxylation is 2. The highest BCUT2D eigenvalue weighted by atomic mass is 15.1. The first-order valence-corrected chi connectivity index (χ1v) is 9.76. The van der Waals surface area contributed by atoms with Crippen LogP contribution in [0, 0.1) is 12.8 Å². The van der Waals surface area contributed by atoms with Crippen LogP contribution in [0.1, 0.15) is 36.8 Å². The zero-order valence-corrected chi connectivity index (χ0v) is 16.1. The molecule has 3 heterocycles. The first-order chi connectivity index (χ1) is 12.7. The van der Waals surface area contributed by atoms with Crippen LogP contribution in [0.25, 0.3) is 10.9 Å². The van der Waals surface area contributed by atoms with Crippen LogP contribution in [-0.2, 0) is 19.9 Å². The molecule has 4 nitrogen and oxygen atoms in total. The Hall–Kier alpha value is -2.36. The molecule has 0 radical (unpaired) electrons. The van der Waals surface area contributed by atoms with Crippen molar-refractivity contribution in [2.24, 2.45) is 13.0 Å². The standard InChI is InChI=1S/C22H28N4/c1-4-18-16(2)24-20-10-6-5-9-19(20)22(18)26-12-7-8-17(15-26)14-21-23-11-13-25(21)3/h5-6,9-11,13,17H,4,7-8,12,14-15H2,1-3H3. The number of aromatic nitrogens is 3. The van der Waals surface area contributed by atoms with Crippen molar-refractivity contribution < 1.29 is 0 Å². The van der Waals surface area contributed by atoms with E-state index in [4.69, 9.17) is 4.98 Å². The molecule has 0 saturated carbocycles. The second-order valence-corrected chi connectivity index (χ2v) is 7.51. The van der Waals surface area contributed by atoms with Crippen LogP contribution in [0.5, 0.6) is 0 Å². The minimum atomic E-state index is 0.654. The molecule has 2 aromatic heterocycles. The molecule has 0 N–H and O–H groups in total. The Kier molecular flexibility index (Phi) is 4.66. The van der Waals surface area contributed by atoms with Crippen LogP contribution in [0.3, 0.4) is 0 Å². The van der Waals surface area contributed by atoms with Crippen LogP contribution in [0.2, 0.25) is 0 Å². The van der Waals surface area contributed by atoms with Crippen LogP contribution in [-0.4, -0.2) is 27.6 Å². The normalized spacial score (nSPS) is 17.8. The van der Waals surface area contributed by atoms with Gasteiger partial charge in [-0.25, -0.2) is 4.98 Å². The molecular formula is C22H28N4. The van der Waals surface area contributed by atoms with E-state index in [9.17, 15) is 0 Å². The fraction of sp³-hybridized carbons (Fsp3) is 0.455. The van der Waals surface area contributed by atoms with Crippen LogP contribution in [0.15, 0.2) is 36.7 Å². The number of fused-ring (bicyclic) bond motifs is 1.